The van der Waals surface area contributed by atoms with E-state index in [1.165, 1.54) is 0 Å². The molecule has 20 heavy (non-hydrogen) atoms. The molecule has 0 aromatic heterocycles. The number of ether oxygens (including phenoxy) is 1. The molecule has 1 aliphatic heterocycles. The zero-order valence-electron chi connectivity index (χ0n) is 11.2. The molecule has 1 N–H and O–H groups in total. The third-order valence-electron chi connectivity index (χ3n) is 3.68. The van der Waals surface area contributed by atoms with Gasteiger partial charge in [0.2, 0.25) is 0 Å². The summed E-state index contributed by atoms with van der Waals surface area (Å²) in [6.07, 6.45) is 1.48. The lowest BCUT2D eigenvalue weighted by Crippen LogP contribution is -2.13. The number of benzene rings is 2. The largest absolute Gasteiger partial charge is 0.612 e. The maximum atomic E-state index is 11.4. The second-order valence-corrected chi connectivity index (χ2v) is 6.27. The van der Waals surface area contributed by atoms with E-state index in [4.69, 9.17) is 4.74 Å². The molecule has 2 aromatic rings. The predicted molar refractivity (Wildman–Crippen MR) is 78.4 cm³/mol. The maximum Gasteiger partial charge on any atom is 0.152 e. The van der Waals surface area contributed by atoms with Crippen molar-refractivity contribution in [2.24, 2.45) is 0 Å². The van der Waals surface area contributed by atoms with Gasteiger partial charge in [-0.05, 0) is 34.9 Å². The van der Waals surface area contributed by atoms with Crippen molar-refractivity contribution in [1.29, 1.82) is 0 Å². The fraction of sp³-hybridized carbons (Fsp3) is 0.250. The van der Waals surface area contributed by atoms with Gasteiger partial charge in [0.1, 0.15) is 18.1 Å². The summed E-state index contributed by atoms with van der Waals surface area (Å²) in [7, 11) is 0. The number of rotatable bonds is 3. The lowest BCUT2D eigenvalue weighted by atomic mass is 9.92. The van der Waals surface area contributed by atoms with E-state index in [0.717, 1.165) is 21.8 Å². The first-order valence-corrected chi connectivity index (χ1v) is 8.06. The molecule has 0 bridgehead atoms. The Morgan fingerprint density at radius 3 is 2.50 bits per heavy atom. The van der Waals surface area contributed by atoms with E-state index in [1.54, 1.807) is 6.26 Å². The number of aliphatic hydroxyl groups excluding tert-OH is 1. The fourth-order valence-electron chi connectivity index (χ4n) is 2.62. The third-order valence-corrected chi connectivity index (χ3v) is 4.61. The van der Waals surface area contributed by atoms with Gasteiger partial charge in [-0.15, -0.1) is 0 Å². The molecule has 1 heterocycles. The molecular formula is C16H16O3S. The second kappa shape index (κ2) is 5.48. The summed E-state index contributed by atoms with van der Waals surface area (Å²) in [5.41, 5.74) is 2.04. The van der Waals surface area contributed by atoms with Crippen molar-refractivity contribution in [2.45, 2.75) is 16.9 Å². The maximum absolute atomic E-state index is 11.4. The molecule has 2 aromatic carbocycles. The minimum Gasteiger partial charge on any atom is -0.612 e. The number of fused-ring (bicyclic) bond motifs is 1. The molecule has 3 nitrogen and oxygen atoms in total. The van der Waals surface area contributed by atoms with E-state index < -0.39 is 11.2 Å². The quantitative estimate of drug-likeness (QED) is 0.883. The van der Waals surface area contributed by atoms with E-state index in [-0.39, 0.29) is 18.6 Å². The summed E-state index contributed by atoms with van der Waals surface area (Å²) in [4.78, 5) is 0.796. The van der Waals surface area contributed by atoms with Gasteiger partial charge in [-0.2, -0.15) is 0 Å². The van der Waals surface area contributed by atoms with Gasteiger partial charge in [0.05, 0.1) is 12.5 Å². The molecule has 0 fully saturated rings. The SMILES string of the molecule is C[S+]([O-])c1ccc(C2Oc3ccccc3C2CO)cc1. The Morgan fingerprint density at radius 1 is 1.15 bits per heavy atom. The van der Waals surface area contributed by atoms with E-state index >= 15 is 0 Å². The monoisotopic (exact) mass is 288 g/mol. The van der Waals surface area contributed by atoms with Crippen LogP contribution in [-0.4, -0.2) is 22.5 Å². The lowest BCUT2D eigenvalue weighted by molar-refractivity contribution is 0.160. The first kappa shape index (κ1) is 13.5. The van der Waals surface area contributed by atoms with Crippen LogP contribution in [0.15, 0.2) is 53.4 Å². The van der Waals surface area contributed by atoms with Gasteiger partial charge in [0.15, 0.2) is 4.90 Å². The van der Waals surface area contributed by atoms with Crippen LogP contribution in [0, 0.1) is 0 Å². The van der Waals surface area contributed by atoms with Gasteiger partial charge in [0, 0.05) is 5.56 Å². The zero-order chi connectivity index (χ0) is 14.1. The standard InChI is InChI=1S/C16H16O3S/c1-20(18)12-8-6-11(7-9-12)16-14(10-17)13-4-2-3-5-15(13)19-16/h2-9,14,16-17H,10H2,1H3. The highest BCUT2D eigenvalue weighted by molar-refractivity contribution is 7.90. The Morgan fingerprint density at radius 2 is 1.85 bits per heavy atom. The average molecular weight is 288 g/mol. The molecule has 0 radical (unpaired) electrons. The summed E-state index contributed by atoms with van der Waals surface area (Å²) in [6.45, 7) is 0.0448. The molecule has 1 aliphatic rings. The van der Waals surface area contributed by atoms with Crippen LogP contribution in [0.25, 0.3) is 0 Å². The Balaban J connectivity index is 1.91. The molecule has 0 spiro atoms. The van der Waals surface area contributed by atoms with Gasteiger partial charge in [-0.3, -0.25) is 0 Å². The third kappa shape index (κ3) is 2.30. The first-order chi connectivity index (χ1) is 9.70. The Bertz CT molecular complexity index is 595. The minimum atomic E-state index is -0.979. The highest BCUT2D eigenvalue weighted by atomic mass is 32.2. The number of hydrogen-bond donors (Lipinski definition) is 1. The normalized spacial score (nSPS) is 22.1. The van der Waals surface area contributed by atoms with Crippen LogP contribution >= 0.6 is 0 Å². The lowest BCUT2D eigenvalue weighted by Gasteiger charge is -2.18. The summed E-state index contributed by atoms with van der Waals surface area (Å²) in [5, 5.41) is 9.66. The topological polar surface area (TPSA) is 52.5 Å². The van der Waals surface area contributed by atoms with Gasteiger partial charge < -0.3 is 14.4 Å². The second-order valence-electron chi connectivity index (χ2n) is 4.89. The van der Waals surface area contributed by atoms with Crippen LogP contribution in [-0.2, 0) is 11.2 Å². The average Bonchev–Trinajstić information content (AvgIpc) is 2.85. The van der Waals surface area contributed by atoms with Crippen LogP contribution in [0.3, 0.4) is 0 Å². The zero-order valence-corrected chi connectivity index (χ0v) is 12.0. The van der Waals surface area contributed by atoms with Crippen molar-refractivity contribution in [3.8, 4) is 5.75 Å². The van der Waals surface area contributed by atoms with Crippen LogP contribution in [0.5, 0.6) is 5.75 Å². The number of aliphatic hydroxyl groups is 1. The van der Waals surface area contributed by atoms with Gasteiger partial charge in [-0.1, -0.05) is 30.3 Å². The van der Waals surface area contributed by atoms with Crippen LogP contribution < -0.4 is 4.74 Å². The number of para-hydroxylation sites is 1. The fourth-order valence-corrected chi connectivity index (χ4v) is 3.14. The van der Waals surface area contributed by atoms with E-state index in [9.17, 15) is 9.66 Å². The molecule has 4 heteroatoms. The van der Waals surface area contributed by atoms with Crippen molar-refractivity contribution in [3.05, 3.63) is 59.7 Å². The Kier molecular flexibility index (Phi) is 3.70. The van der Waals surface area contributed by atoms with Crippen LogP contribution in [0.2, 0.25) is 0 Å². The molecule has 3 unspecified atom stereocenters. The van der Waals surface area contributed by atoms with Crippen molar-refractivity contribution < 1.29 is 14.4 Å². The van der Waals surface area contributed by atoms with Crippen LogP contribution in [0.1, 0.15) is 23.1 Å². The summed E-state index contributed by atoms with van der Waals surface area (Å²) >= 11 is -0.979. The molecule has 104 valence electrons. The summed E-state index contributed by atoms with van der Waals surface area (Å²) in [5.74, 6) is 0.781. The number of hydrogen-bond acceptors (Lipinski definition) is 3. The first-order valence-electron chi connectivity index (χ1n) is 6.50. The molecule has 0 amide bonds. The van der Waals surface area contributed by atoms with Gasteiger partial charge in [-0.25, -0.2) is 0 Å². The molecular weight excluding hydrogens is 272 g/mol. The van der Waals surface area contributed by atoms with Crippen molar-refractivity contribution in [2.75, 3.05) is 12.9 Å². The Labute approximate surface area is 121 Å². The van der Waals surface area contributed by atoms with Gasteiger partial charge >= 0.3 is 0 Å². The highest BCUT2D eigenvalue weighted by Crippen LogP contribution is 2.45. The molecule has 3 rings (SSSR count). The Hall–Kier alpha value is -1.49. The smallest absolute Gasteiger partial charge is 0.152 e. The molecule has 0 saturated heterocycles. The highest BCUT2D eigenvalue weighted by Gasteiger charge is 2.34. The summed E-state index contributed by atoms with van der Waals surface area (Å²) in [6, 6.07) is 15.4. The van der Waals surface area contributed by atoms with Crippen molar-refractivity contribution in [1.82, 2.24) is 0 Å². The minimum absolute atomic E-state index is 0.0448. The van der Waals surface area contributed by atoms with E-state index in [2.05, 4.69) is 0 Å². The van der Waals surface area contributed by atoms with Gasteiger partial charge in [0.25, 0.3) is 0 Å². The van der Waals surface area contributed by atoms with Crippen LogP contribution in [0.4, 0.5) is 0 Å². The predicted octanol–water partition coefficient (Wildman–Crippen LogP) is 2.63. The van der Waals surface area contributed by atoms with Crippen molar-refractivity contribution in [3.63, 3.8) is 0 Å². The van der Waals surface area contributed by atoms with Crippen molar-refractivity contribution >= 4 is 11.2 Å². The summed E-state index contributed by atoms with van der Waals surface area (Å²) < 4.78 is 17.4. The van der Waals surface area contributed by atoms with E-state index in [0.29, 0.717) is 0 Å². The van der Waals surface area contributed by atoms with E-state index in [1.807, 2.05) is 48.5 Å². The molecule has 0 saturated carbocycles. The molecule has 3 atom stereocenters. The molecule has 0 aliphatic carbocycles.